The number of fused-ring (bicyclic) bond motifs is 2. The molecule has 0 saturated carbocycles. The van der Waals surface area contributed by atoms with Gasteiger partial charge in [-0.05, 0) is 47.2 Å². The maximum Gasteiger partial charge on any atom is 0.0227 e. The minimum absolute atomic E-state index is 0.386. The zero-order valence-corrected chi connectivity index (χ0v) is 16.4. The first-order chi connectivity index (χ1) is 12.7. The molecule has 0 bridgehead atoms. The number of thiocarbonyl (C=S) groups is 2. The van der Waals surface area contributed by atoms with Gasteiger partial charge in [-0.2, -0.15) is 0 Å². The highest BCUT2D eigenvalue weighted by molar-refractivity contribution is 7.81. The Labute approximate surface area is 166 Å². The number of hydrogen-bond donors (Lipinski definition) is 0. The molecule has 4 rings (SSSR count). The Balaban J connectivity index is 1.39. The summed E-state index contributed by atoms with van der Waals surface area (Å²) in [5.74, 6) is 0.772. The first kappa shape index (κ1) is 17.5. The quantitative estimate of drug-likeness (QED) is 0.412. The molecule has 0 aromatic heterocycles. The van der Waals surface area contributed by atoms with E-state index in [1.165, 1.54) is 35.1 Å². The summed E-state index contributed by atoms with van der Waals surface area (Å²) in [6, 6.07) is 17.3. The summed E-state index contributed by atoms with van der Waals surface area (Å²) in [6.45, 7) is 0. The van der Waals surface area contributed by atoms with E-state index in [1.807, 2.05) is 0 Å². The molecular formula is C24H22S2. The van der Waals surface area contributed by atoms with Crippen molar-refractivity contribution in [1.82, 2.24) is 0 Å². The molecule has 130 valence electrons. The molecule has 0 spiro atoms. The third-order valence-corrected chi connectivity index (χ3v) is 6.36. The standard InChI is InChI=1S/C24H22S2/c25-23-15-13-17-7-1-3-9-19(17)21(23)11-5-6-12-22-20-10-4-2-8-18(20)14-16-24(22)26/h1-4,7-10,13-16,21-22H,5-6,11-12H2. The summed E-state index contributed by atoms with van der Waals surface area (Å²) in [5.41, 5.74) is 5.42. The van der Waals surface area contributed by atoms with Gasteiger partial charge in [0.15, 0.2) is 0 Å². The lowest BCUT2D eigenvalue weighted by Crippen LogP contribution is -2.15. The molecule has 2 aliphatic carbocycles. The van der Waals surface area contributed by atoms with Gasteiger partial charge in [-0.3, -0.25) is 0 Å². The molecule has 0 heterocycles. The Kier molecular flexibility index (Phi) is 5.23. The second-order valence-electron chi connectivity index (χ2n) is 7.12. The van der Waals surface area contributed by atoms with Crippen LogP contribution in [0.15, 0.2) is 60.7 Å². The fourth-order valence-electron chi connectivity index (χ4n) is 4.14. The van der Waals surface area contributed by atoms with Crippen molar-refractivity contribution in [3.8, 4) is 0 Å². The fraction of sp³-hybridized carbons (Fsp3) is 0.250. The molecule has 2 aromatic carbocycles. The summed E-state index contributed by atoms with van der Waals surface area (Å²) in [7, 11) is 0. The van der Waals surface area contributed by atoms with Crippen LogP contribution in [-0.4, -0.2) is 9.73 Å². The van der Waals surface area contributed by atoms with Crippen molar-refractivity contribution in [1.29, 1.82) is 0 Å². The lowest BCUT2D eigenvalue weighted by atomic mass is 9.81. The van der Waals surface area contributed by atoms with Gasteiger partial charge in [0.1, 0.15) is 0 Å². The molecule has 2 atom stereocenters. The average molecular weight is 375 g/mol. The van der Waals surface area contributed by atoms with Crippen molar-refractivity contribution in [3.63, 3.8) is 0 Å². The van der Waals surface area contributed by atoms with Gasteiger partial charge >= 0.3 is 0 Å². The number of rotatable bonds is 5. The van der Waals surface area contributed by atoms with Crippen molar-refractivity contribution in [2.75, 3.05) is 0 Å². The van der Waals surface area contributed by atoms with E-state index < -0.39 is 0 Å². The first-order valence-electron chi connectivity index (χ1n) is 9.36. The van der Waals surface area contributed by atoms with Crippen LogP contribution in [0.3, 0.4) is 0 Å². The summed E-state index contributed by atoms with van der Waals surface area (Å²) in [5, 5.41) is 0. The van der Waals surface area contributed by atoms with Gasteiger partial charge in [-0.1, -0.05) is 98.0 Å². The van der Waals surface area contributed by atoms with Crippen LogP contribution in [0.1, 0.15) is 59.8 Å². The van der Waals surface area contributed by atoms with Crippen LogP contribution in [-0.2, 0) is 0 Å². The van der Waals surface area contributed by atoms with Crippen molar-refractivity contribution < 1.29 is 0 Å². The predicted octanol–water partition coefficient (Wildman–Crippen LogP) is 6.91. The van der Waals surface area contributed by atoms with Crippen LogP contribution in [0.25, 0.3) is 12.2 Å². The van der Waals surface area contributed by atoms with E-state index in [-0.39, 0.29) is 0 Å². The Morgan fingerprint density at radius 3 is 1.46 bits per heavy atom. The molecule has 0 N–H and O–H groups in total. The van der Waals surface area contributed by atoms with Gasteiger partial charge in [0.25, 0.3) is 0 Å². The van der Waals surface area contributed by atoms with E-state index in [0.29, 0.717) is 11.8 Å². The molecule has 0 saturated heterocycles. The molecule has 2 aromatic rings. The van der Waals surface area contributed by atoms with Gasteiger partial charge in [0, 0.05) is 21.6 Å². The van der Waals surface area contributed by atoms with Crippen LogP contribution >= 0.6 is 24.4 Å². The van der Waals surface area contributed by atoms with E-state index in [0.717, 1.165) is 22.6 Å². The van der Waals surface area contributed by atoms with Gasteiger partial charge in [-0.15, -0.1) is 0 Å². The largest absolute Gasteiger partial charge is 0.0842 e. The average Bonchev–Trinajstić information content (AvgIpc) is 2.68. The van der Waals surface area contributed by atoms with Crippen molar-refractivity contribution in [3.05, 3.63) is 82.9 Å². The maximum atomic E-state index is 5.63. The zero-order chi connectivity index (χ0) is 17.9. The van der Waals surface area contributed by atoms with E-state index >= 15 is 0 Å². The zero-order valence-electron chi connectivity index (χ0n) is 14.7. The fourth-order valence-corrected chi connectivity index (χ4v) is 4.76. The number of allylic oxidation sites excluding steroid dienone is 2. The van der Waals surface area contributed by atoms with Crippen LogP contribution in [0.2, 0.25) is 0 Å². The highest BCUT2D eigenvalue weighted by Gasteiger charge is 2.23. The minimum atomic E-state index is 0.386. The molecule has 0 fully saturated rings. The lowest BCUT2D eigenvalue weighted by molar-refractivity contribution is 0.610. The molecule has 0 aliphatic heterocycles. The predicted molar refractivity (Wildman–Crippen MR) is 120 cm³/mol. The molecule has 2 heteroatoms. The number of unbranched alkanes of at least 4 members (excludes halogenated alkanes) is 1. The SMILES string of the molecule is S=C1C=Cc2ccccc2C1CCCCC1C(=S)C=Cc2ccccc21. The molecule has 2 aliphatic rings. The summed E-state index contributed by atoms with van der Waals surface area (Å²) < 4.78 is 0. The number of benzene rings is 2. The second-order valence-corrected chi connectivity index (χ2v) is 8.06. The van der Waals surface area contributed by atoms with Crippen LogP contribution in [0.5, 0.6) is 0 Å². The molecule has 2 unspecified atom stereocenters. The summed E-state index contributed by atoms with van der Waals surface area (Å²) >= 11 is 11.3. The highest BCUT2D eigenvalue weighted by Crippen LogP contribution is 2.35. The lowest BCUT2D eigenvalue weighted by Gasteiger charge is -2.24. The normalized spacial score (nSPS) is 20.8. The molecule has 0 amide bonds. The maximum absolute atomic E-state index is 5.63. The summed E-state index contributed by atoms with van der Waals surface area (Å²) in [6.07, 6.45) is 13.1. The van der Waals surface area contributed by atoms with Crippen molar-refractivity contribution in [2.24, 2.45) is 0 Å². The van der Waals surface area contributed by atoms with Crippen LogP contribution in [0, 0.1) is 0 Å². The van der Waals surface area contributed by atoms with Gasteiger partial charge in [-0.25, -0.2) is 0 Å². The van der Waals surface area contributed by atoms with Crippen molar-refractivity contribution in [2.45, 2.75) is 37.5 Å². The van der Waals surface area contributed by atoms with Crippen LogP contribution in [0.4, 0.5) is 0 Å². The second kappa shape index (κ2) is 7.77. The third kappa shape index (κ3) is 3.49. The molecular weight excluding hydrogens is 352 g/mol. The Bertz CT molecular complexity index is 828. The molecule has 0 radical (unpaired) electrons. The van der Waals surface area contributed by atoms with E-state index in [1.54, 1.807) is 0 Å². The minimum Gasteiger partial charge on any atom is -0.0842 e. The van der Waals surface area contributed by atoms with Gasteiger partial charge < -0.3 is 0 Å². The topological polar surface area (TPSA) is 0 Å². The number of hydrogen-bond acceptors (Lipinski definition) is 2. The Morgan fingerprint density at radius 1 is 0.577 bits per heavy atom. The third-order valence-electron chi connectivity index (χ3n) is 5.52. The molecule has 26 heavy (non-hydrogen) atoms. The van der Waals surface area contributed by atoms with Crippen LogP contribution < -0.4 is 0 Å². The van der Waals surface area contributed by atoms with E-state index in [4.69, 9.17) is 24.4 Å². The molecule has 0 nitrogen and oxygen atoms in total. The van der Waals surface area contributed by atoms with Gasteiger partial charge in [0.2, 0.25) is 0 Å². The smallest absolute Gasteiger partial charge is 0.0227 e. The highest BCUT2D eigenvalue weighted by atomic mass is 32.1. The van der Waals surface area contributed by atoms with E-state index in [9.17, 15) is 0 Å². The van der Waals surface area contributed by atoms with Gasteiger partial charge in [0.05, 0.1) is 0 Å². The summed E-state index contributed by atoms with van der Waals surface area (Å²) in [4.78, 5) is 2.15. The Morgan fingerprint density at radius 2 is 1.00 bits per heavy atom. The van der Waals surface area contributed by atoms with E-state index in [2.05, 4.69) is 72.8 Å². The Hall–Kier alpha value is -1.90. The first-order valence-corrected chi connectivity index (χ1v) is 10.2. The monoisotopic (exact) mass is 374 g/mol. The van der Waals surface area contributed by atoms with Crippen molar-refractivity contribution >= 4 is 46.3 Å².